The summed E-state index contributed by atoms with van der Waals surface area (Å²) in [6.07, 6.45) is 0.929. The first-order valence-corrected chi connectivity index (χ1v) is 5.36. The second-order valence-electron chi connectivity index (χ2n) is 3.60. The molecule has 0 saturated carbocycles. The molecule has 5 nitrogen and oxygen atoms in total. The van der Waals surface area contributed by atoms with E-state index in [0.29, 0.717) is 10.8 Å². The number of nitro groups is 1. The van der Waals surface area contributed by atoms with Crippen molar-refractivity contribution in [2.75, 3.05) is 13.1 Å². The van der Waals surface area contributed by atoms with Gasteiger partial charge in [-0.05, 0) is 19.0 Å². The zero-order valence-electron chi connectivity index (χ0n) is 8.48. The van der Waals surface area contributed by atoms with Crippen LogP contribution in [-0.2, 0) is 0 Å². The van der Waals surface area contributed by atoms with Gasteiger partial charge in [0.05, 0.1) is 16.0 Å². The molecule has 1 N–H and O–H groups in total. The standard InChI is InChI=1S/C10H11ClN2O3/c11-9-2-1-7(13(14)15)5-10(9)16-8-3-4-12-6-8/h1-2,5,8,12H,3-4,6H2/t8-/m1/s1. The molecular formula is C10H11ClN2O3. The Kier molecular flexibility index (Phi) is 3.26. The highest BCUT2D eigenvalue weighted by Crippen LogP contribution is 2.30. The lowest BCUT2D eigenvalue weighted by molar-refractivity contribution is -0.384. The van der Waals surface area contributed by atoms with Gasteiger partial charge in [-0.3, -0.25) is 10.1 Å². The Morgan fingerprint density at radius 1 is 1.56 bits per heavy atom. The van der Waals surface area contributed by atoms with E-state index in [9.17, 15) is 10.1 Å². The van der Waals surface area contributed by atoms with Crippen LogP contribution >= 0.6 is 11.6 Å². The Morgan fingerprint density at radius 2 is 2.38 bits per heavy atom. The van der Waals surface area contributed by atoms with Crippen LogP contribution < -0.4 is 10.1 Å². The van der Waals surface area contributed by atoms with Crippen LogP contribution in [0.4, 0.5) is 5.69 Å². The van der Waals surface area contributed by atoms with Gasteiger partial charge in [-0.1, -0.05) is 11.6 Å². The number of halogens is 1. The van der Waals surface area contributed by atoms with Crippen LogP contribution in [0.15, 0.2) is 18.2 Å². The van der Waals surface area contributed by atoms with Gasteiger partial charge in [0, 0.05) is 12.6 Å². The van der Waals surface area contributed by atoms with Gasteiger partial charge in [0.15, 0.2) is 0 Å². The van der Waals surface area contributed by atoms with E-state index in [0.717, 1.165) is 19.5 Å². The summed E-state index contributed by atoms with van der Waals surface area (Å²) in [7, 11) is 0. The van der Waals surface area contributed by atoms with Crippen LogP contribution in [0.5, 0.6) is 5.75 Å². The highest BCUT2D eigenvalue weighted by molar-refractivity contribution is 6.32. The van der Waals surface area contributed by atoms with Crippen molar-refractivity contribution in [3.63, 3.8) is 0 Å². The Hall–Kier alpha value is -1.33. The van der Waals surface area contributed by atoms with Gasteiger partial charge in [0.1, 0.15) is 11.9 Å². The number of rotatable bonds is 3. The molecule has 0 spiro atoms. The predicted octanol–water partition coefficient (Wildman–Crippen LogP) is 1.99. The summed E-state index contributed by atoms with van der Waals surface area (Å²) in [5, 5.41) is 14.1. The lowest BCUT2D eigenvalue weighted by atomic mass is 10.3. The number of nitrogens with zero attached hydrogens (tertiary/aromatic N) is 1. The van der Waals surface area contributed by atoms with Crippen molar-refractivity contribution >= 4 is 17.3 Å². The number of nitrogens with one attached hydrogen (secondary N) is 1. The van der Waals surface area contributed by atoms with Gasteiger partial charge in [0.25, 0.3) is 5.69 Å². The second-order valence-corrected chi connectivity index (χ2v) is 4.01. The minimum Gasteiger partial charge on any atom is -0.487 e. The quantitative estimate of drug-likeness (QED) is 0.650. The largest absolute Gasteiger partial charge is 0.487 e. The first kappa shape index (κ1) is 11.2. The average Bonchev–Trinajstić information content (AvgIpc) is 2.73. The van der Waals surface area contributed by atoms with Crippen molar-refractivity contribution in [1.82, 2.24) is 5.32 Å². The molecule has 0 unspecified atom stereocenters. The van der Waals surface area contributed by atoms with Crippen molar-refractivity contribution in [2.45, 2.75) is 12.5 Å². The van der Waals surface area contributed by atoms with Gasteiger partial charge in [-0.25, -0.2) is 0 Å². The van der Waals surface area contributed by atoms with E-state index >= 15 is 0 Å². The zero-order valence-corrected chi connectivity index (χ0v) is 9.24. The Balaban J connectivity index is 2.17. The van der Waals surface area contributed by atoms with Crippen LogP contribution in [-0.4, -0.2) is 24.1 Å². The summed E-state index contributed by atoms with van der Waals surface area (Å²) in [6, 6.07) is 4.21. The Labute approximate surface area is 97.5 Å². The smallest absolute Gasteiger partial charge is 0.273 e. The van der Waals surface area contributed by atoms with Crippen LogP contribution in [0.2, 0.25) is 5.02 Å². The van der Waals surface area contributed by atoms with Crippen LogP contribution in [0.25, 0.3) is 0 Å². The van der Waals surface area contributed by atoms with E-state index in [-0.39, 0.29) is 11.8 Å². The lowest BCUT2D eigenvalue weighted by Crippen LogP contribution is -2.19. The van der Waals surface area contributed by atoms with Crippen molar-refractivity contribution in [3.05, 3.63) is 33.3 Å². The van der Waals surface area contributed by atoms with Gasteiger partial charge >= 0.3 is 0 Å². The van der Waals surface area contributed by atoms with Crippen molar-refractivity contribution in [1.29, 1.82) is 0 Å². The van der Waals surface area contributed by atoms with Gasteiger partial charge in [-0.2, -0.15) is 0 Å². The molecule has 1 aromatic carbocycles. The Bertz CT molecular complexity index is 405. The molecule has 6 heteroatoms. The average molecular weight is 243 g/mol. The van der Waals surface area contributed by atoms with Crippen LogP contribution in [0.1, 0.15) is 6.42 Å². The third kappa shape index (κ3) is 2.43. The summed E-state index contributed by atoms with van der Waals surface area (Å²) in [5.74, 6) is 0.379. The van der Waals surface area contributed by atoms with E-state index in [2.05, 4.69) is 5.32 Å². The summed E-state index contributed by atoms with van der Waals surface area (Å²) in [5.41, 5.74) is -0.00893. The predicted molar refractivity (Wildman–Crippen MR) is 60.0 cm³/mol. The fraction of sp³-hybridized carbons (Fsp3) is 0.400. The first-order valence-electron chi connectivity index (χ1n) is 4.98. The molecule has 0 aromatic heterocycles. The summed E-state index contributed by atoms with van der Waals surface area (Å²) in [6.45, 7) is 1.65. The molecule has 1 atom stereocenters. The van der Waals surface area contributed by atoms with Crippen LogP contribution in [0.3, 0.4) is 0 Å². The third-order valence-electron chi connectivity index (χ3n) is 2.43. The fourth-order valence-corrected chi connectivity index (χ4v) is 1.77. The van der Waals surface area contributed by atoms with Crippen molar-refractivity contribution < 1.29 is 9.66 Å². The second kappa shape index (κ2) is 4.67. The first-order chi connectivity index (χ1) is 7.66. The molecule has 0 radical (unpaired) electrons. The molecule has 0 bridgehead atoms. The van der Waals surface area contributed by atoms with E-state index in [1.54, 1.807) is 0 Å². The summed E-state index contributed by atoms with van der Waals surface area (Å²) < 4.78 is 5.60. The molecular weight excluding hydrogens is 232 g/mol. The highest BCUT2D eigenvalue weighted by Gasteiger charge is 2.18. The molecule has 16 heavy (non-hydrogen) atoms. The van der Waals surface area contributed by atoms with Crippen LogP contribution in [0, 0.1) is 10.1 Å². The highest BCUT2D eigenvalue weighted by atomic mass is 35.5. The number of non-ortho nitro benzene ring substituents is 1. The maximum atomic E-state index is 10.6. The van der Waals surface area contributed by atoms with Gasteiger partial charge in [-0.15, -0.1) is 0 Å². The van der Waals surface area contributed by atoms with E-state index < -0.39 is 4.92 Å². The molecule has 0 amide bonds. The minimum atomic E-state index is -0.462. The topological polar surface area (TPSA) is 64.4 Å². The van der Waals surface area contributed by atoms with Gasteiger partial charge < -0.3 is 10.1 Å². The molecule has 86 valence electrons. The molecule has 1 aliphatic rings. The number of ether oxygens (including phenoxy) is 1. The van der Waals surface area contributed by atoms with E-state index in [1.807, 2.05) is 0 Å². The minimum absolute atomic E-state index is 0.00893. The monoisotopic (exact) mass is 242 g/mol. The van der Waals surface area contributed by atoms with Crippen molar-refractivity contribution in [3.8, 4) is 5.75 Å². The van der Waals surface area contributed by atoms with E-state index in [1.165, 1.54) is 18.2 Å². The zero-order chi connectivity index (χ0) is 11.5. The molecule has 1 heterocycles. The van der Waals surface area contributed by atoms with Crippen molar-refractivity contribution in [2.24, 2.45) is 0 Å². The normalized spacial score (nSPS) is 19.7. The molecule has 0 aliphatic carbocycles. The SMILES string of the molecule is O=[N+]([O-])c1ccc(Cl)c(O[C@@H]2CCNC2)c1. The Morgan fingerprint density at radius 3 is 3.00 bits per heavy atom. The molecule has 1 aliphatic heterocycles. The fourth-order valence-electron chi connectivity index (χ4n) is 1.60. The maximum absolute atomic E-state index is 10.6. The maximum Gasteiger partial charge on any atom is 0.273 e. The molecule has 1 fully saturated rings. The molecule has 2 rings (SSSR count). The molecule has 1 aromatic rings. The van der Waals surface area contributed by atoms with E-state index in [4.69, 9.17) is 16.3 Å². The lowest BCUT2D eigenvalue weighted by Gasteiger charge is -2.13. The molecule has 1 saturated heterocycles. The third-order valence-corrected chi connectivity index (χ3v) is 2.75. The number of hydrogen-bond acceptors (Lipinski definition) is 4. The number of nitro benzene ring substituents is 1. The number of hydrogen-bond donors (Lipinski definition) is 1. The number of benzene rings is 1. The van der Waals surface area contributed by atoms with Gasteiger partial charge in [0.2, 0.25) is 0 Å². The summed E-state index contributed by atoms with van der Waals surface area (Å²) in [4.78, 5) is 10.1. The summed E-state index contributed by atoms with van der Waals surface area (Å²) >= 11 is 5.91.